The monoisotopic (exact) mass is 385 g/mol. The van der Waals surface area contributed by atoms with Crippen molar-refractivity contribution in [3.63, 3.8) is 0 Å². The number of aromatic nitrogens is 3. The number of nitrogens with zero attached hydrogens (tertiary/aromatic N) is 5. The van der Waals surface area contributed by atoms with Gasteiger partial charge in [-0.1, -0.05) is 12.1 Å². The summed E-state index contributed by atoms with van der Waals surface area (Å²) in [6, 6.07) is 15.2. The van der Waals surface area contributed by atoms with Crippen LogP contribution in [0.4, 0.5) is 11.4 Å². The van der Waals surface area contributed by atoms with E-state index in [1.54, 1.807) is 0 Å². The molecule has 140 valence electrons. The molecule has 0 saturated heterocycles. The Hall–Kier alpha value is -3.06. The molecule has 3 rings (SSSR count). The van der Waals surface area contributed by atoms with Gasteiger partial charge in [0, 0.05) is 51.7 Å². The van der Waals surface area contributed by atoms with E-state index >= 15 is 0 Å². The van der Waals surface area contributed by atoms with Crippen molar-refractivity contribution in [1.29, 1.82) is 0 Å². The zero-order valence-corrected chi connectivity index (χ0v) is 16.3. The van der Waals surface area contributed by atoms with Crippen LogP contribution >= 0.6 is 11.6 Å². The smallest absolute Gasteiger partial charge is 0.329 e. The molecule has 0 unspecified atom stereocenters. The Morgan fingerprint density at radius 2 is 1.15 bits per heavy atom. The van der Waals surface area contributed by atoms with Gasteiger partial charge in [-0.2, -0.15) is 9.97 Å². The van der Waals surface area contributed by atoms with E-state index in [2.05, 4.69) is 15.0 Å². The van der Waals surface area contributed by atoms with Gasteiger partial charge in [0.05, 0.1) is 0 Å². The number of halogens is 1. The molecule has 0 saturated carbocycles. The van der Waals surface area contributed by atoms with E-state index in [1.807, 2.05) is 86.5 Å². The highest BCUT2D eigenvalue weighted by Gasteiger charge is 2.11. The van der Waals surface area contributed by atoms with Crippen molar-refractivity contribution in [1.82, 2.24) is 15.0 Å². The Morgan fingerprint density at radius 1 is 0.704 bits per heavy atom. The van der Waals surface area contributed by atoms with Gasteiger partial charge in [0.15, 0.2) is 0 Å². The van der Waals surface area contributed by atoms with Gasteiger partial charge in [0.1, 0.15) is 11.5 Å². The summed E-state index contributed by atoms with van der Waals surface area (Å²) in [6.07, 6.45) is 0. The molecule has 0 bridgehead atoms. The van der Waals surface area contributed by atoms with Crippen molar-refractivity contribution in [2.24, 2.45) is 0 Å². The largest absolute Gasteiger partial charge is 0.424 e. The van der Waals surface area contributed by atoms with Gasteiger partial charge in [0.25, 0.3) is 0 Å². The quantitative estimate of drug-likeness (QED) is 0.628. The lowest BCUT2D eigenvalue weighted by molar-refractivity contribution is 0.397. The summed E-state index contributed by atoms with van der Waals surface area (Å²) < 4.78 is 11.5. The first kappa shape index (κ1) is 18.7. The molecular weight excluding hydrogens is 366 g/mol. The molecule has 0 amide bonds. The molecule has 7 nitrogen and oxygen atoms in total. The minimum atomic E-state index is -0.0115. The minimum absolute atomic E-state index is 0.0115. The number of benzene rings is 2. The Labute approximate surface area is 163 Å². The van der Waals surface area contributed by atoms with E-state index < -0.39 is 0 Å². The van der Waals surface area contributed by atoms with Crippen LogP contribution in [0.5, 0.6) is 23.5 Å². The molecule has 27 heavy (non-hydrogen) atoms. The van der Waals surface area contributed by atoms with E-state index in [0.717, 1.165) is 11.4 Å². The minimum Gasteiger partial charge on any atom is -0.424 e. The van der Waals surface area contributed by atoms with Gasteiger partial charge in [0.2, 0.25) is 5.28 Å². The maximum Gasteiger partial charge on any atom is 0.329 e. The maximum absolute atomic E-state index is 6.01. The molecule has 0 aliphatic carbocycles. The average molecular weight is 386 g/mol. The van der Waals surface area contributed by atoms with E-state index in [4.69, 9.17) is 21.1 Å². The fourth-order valence-corrected chi connectivity index (χ4v) is 2.41. The summed E-state index contributed by atoms with van der Waals surface area (Å²) in [5, 5.41) is -0.0115. The molecule has 0 fully saturated rings. The van der Waals surface area contributed by atoms with Gasteiger partial charge in [-0.15, -0.1) is 4.98 Å². The maximum atomic E-state index is 6.01. The molecule has 0 aliphatic heterocycles. The first-order valence-electron chi connectivity index (χ1n) is 8.23. The van der Waals surface area contributed by atoms with Gasteiger partial charge in [-0.05, 0) is 35.9 Å². The van der Waals surface area contributed by atoms with E-state index in [9.17, 15) is 0 Å². The van der Waals surface area contributed by atoms with Crippen LogP contribution in [-0.4, -0.2) is 43.1 Å². The van der Waals surface area contributed by atoms with Crippen LogP contribution in [0.2, 0.25) is 5.28 Å². The second-order valence-electron chi connectivity index (χ2n) is 6.16. The van der Waals surface area contributed by atoms with Gasteiger partial charge >= 0.3 is 12.0 Å². The lowest BCUT2D eigenvalue weighted by Gasteiger charge is -2.14. The third kappa shape index (κ3) is 4.98. The first-order valence-corrected chi connectivity index (χ1v) is 8.60. The zero-order chi connectivity index (χ0) is 19.4. The van der Waals surface area contributed by atoms with E-state index in [0.29, 0.717) is 11.5 Å². The molecule has 3 aromatic rings. The number of anilines is 2. The summed E-state index contributed by atoms with van der Waals surface area (Å²) in [4.78, 5) is 16.2. The molecule has 0 aliphatic rings. The van der Waals surface area contributed by atoms with E-state index in [-0.39, 0.29) is 17.3 Å². The molecular formula is C19H20ClN5O2. The molecule has 0 spiro atoms. The molecule has 1 heterocycles. The first-order chi connectivity index (χ1) is 12.9. The summed E-state index contributed by atoms with van der Waals surface area (Å²) in [5.41, 5.74) is 1.98. The molecule has 1 aromatic heterocycles. The van der Waals surface area contributed by atoms with Crippen LogP contribution in [0.25, 0.3) is 0 Å². The van der Waals surface area contributed by atoms with E-state index in [1.165, 1.54) is 0 Å². The highest BCUT2D eigenvalue weighted by molar-refractivity contribution is 6.28. The lowest BCUT2D eigenvalue weighted by atomic mass is 10.3. The second kappa shape index (κ2) is 8.09. The van der Waals surface area contributed by atoms with Crippen molar-refractivity contribution in [3.8, 4) is 23.5 Å². The van der Waals surface area contributed by atoms with Gasteiger partial charge < -0.3 is 19.3 Å². The van der Waals surface area contributed by atoms with Crippen LogP contribution in [-0.2, 0) is 0 Å². The van der Waals surface area contributed by atoms with Crippen molar-refractivity contribution in [2.45, 2.75) is 0 Å². The highest BCUT2D eigenvalue weighted by atomic mass is 35.5. The molecule has 0 N–H and O–H groups in total. The number of hydrogen-bond acceptors (Lipinski definition) is 7. The Bertz CT molecular complexity index is 862. The standard InChI is InChI=1S/C19H20ClN5O2/c1-24(2)13-7-5-9-15(11-13)26-18-21-17(20)22-19(23-18)27-16-10-6-8-14(12-16)25(3)4/h5-12H,1-4H3. The SMILES string of the molecule is CN(C)c1cccc(Oc2nc(Cl)nc(Oc3cccc(N(C)C)c3)n2)c1. The van der Waals surface area contributed by atoms with Gasteiger partial charge in [-0.3, -0.25) is 0 Å². The molecule has 0 atom stereocenters. The van der Waals surface area contributed by atoms with Crippen LogP contribution in [0.3, 0.4) is 0 Å². The Balaban J connectivity index is 1.82. The fourth-order valence-electron chi connectivity index (χ4n) is 2.27. The van der Waals surface area contributed by atoms with Crippen molar-refractivity contribution < 1.29 is 9.47 Å². The molecule has 8 heteroatoms. The lowest BCUT2D eigenvalue weighted by Crippen LogP contribution is -2.08. The number of rotatable bonds is 6. The van der Waals surface area contributed by atoms with Crippen LogP contribution in [0.15, 0.2) is 48.5 Å². The number of ether oxygens (including phenoxy) is 2. The van der Waals surface area contributed by atoms with Crippen LogP contribution in [0, 0.1) is 0 Å². The summed E-state index contributed by atoms with van der Waals surface area (Å²) in [5.74, 6) is 1.17. The Morgan fingerprint density at radius 3 is 1.56 bits per heavy atom. The second-order valence-corrected chi connectivity index (χ2v) is 6.50. The predicted octanol–water partition coefficient (Wildman–Crippen LogP) is 4.24. The summed E-state index contributed by atoms with van der Waals surface area (Å²) in [7, 11) is 7.80. The normalized spacial score (nSPS) is 10.4. The highest BCUT2D eigenvalue weighted by Crippen LogP contribution is 2.27. The van der Waals surface area contributed by atoms with Gasteiger partial charge in [-0.25, -0.2) is 0 Å². The van der Waals surface area contributed by atoms with Crippen molar-refractivity contribution >= 4 is 23.0 Å². The van der Waals surface area contributed by atoms with Crippen LogP contribution in [0.1, 0.15) is 0 Å². The summed E-state index contributed by atoms with van der Waals surface area (Å²) in [6.45, 7) is 0. The van der Waals surface area contributed by atoms with Crippen molar-refractivity contribution in [3.05, 3.63) is 53.8 Å². The van der Waals surface area contributed by atoms with Crippen LogP contribution < -0.4 is 19.3 Å². The average Bonchev–Trinajstić information content (AvgIpc) is 2.61. The molecule has 0 radical (unpaired) electrons. The third-order valence-corrected chi connectivity index (χ3v) is 3.82. The fraction of sp³-hybridized carbons (Fsp3) is 0.211. The third-order valence-electron chi connectivity index (χ3n) is 3.65. The zero-order valence-electron chi connectivity index (χ0n) is 15.5. The summed E-state index contributed by atoms with van der Waals surface area (Å²) >= 11 is 6.01. The molecule has 2 aromatic carbocycles. The predicted molar refractivity (Wildman–Crippen MR) is 107 cm³/mol. The van der Waals surface area contributed by atoms with Crippen molar-refractivity contribution in [2.75, 3.05) is 38.0 Å². The number of hydrogen-bond donors (Lipinski definition) is 0. The Kier molecular flexibility index (Phi) is 5.61. The topological polar surface area (TPSA) is 63.6 Å².